The maximum absolute atomic E-state index is 13.7. The zero-order valence-electron chi connectivity index (χ0n) is 21.4. The number of hydrogen-bond donors (Lipinski definition) is 3. The summed E-state index contributed by atoms with van der Waals surface area (Å²) in [4.78, 5) is 17.3. The fraction of sp³-hybridized carbons (Fsp3) is 0.519. The molecule has 9 heteroatoms. The largest absolute Gasteiger partial charge is 0.368 e. The smallest absolute Gasteiger partial charge is 0.319 e. The molecule has 2 aromatic rings. The van der Waals surface area contributed by atoms with E-state index in [9.17, 15) is 13.2 Å². The lowest BCUT2D eigenvalue weighted by molar-refractivity contribution is 0.244. The highest BCUT2D eigenvalue weighted by molar-refractivity contribution is 7.89. The Balaban J connectivity index is 1.57. The van der Waals surface area contributed by atoms with Gasteiger partial charge < -0.3 is 20.4 Å². The molecule has 196 valence electrons. The minimum Gasteiger partial charge on any atom is -0.368 e. The summed E-state index contributed by atoms with van der Waals surface area (Å²) in [5.41, 5.74) is 2.02. The average molecular weight is 514 g/mol. The number of likely N-dealkylation sites (N-methyl/N-ethyl adjacent to an activating group) is 1. The van der Waals surface area contributed by atoms with Crippen LogP contribution in [-0.4, -0.2) is 58.1 Å². The predicted molar refractivity (Wildman–Crippen MR) is 145 cm³/mol. The number of benzene rings is 2. The predicted octanol–water partition coefficient (Wildman–Crippen LogP) is 4.32. The van der Waals surface area contributed by atoms with Crippen LogP contribution in [-0.2, 0) is 10.0 Å². The molecule has 0 spiro atoms. The first-order chi connectivity index (χ1) is 17.4. The summed E-state index contributed by atoms with van der Waals surface area (Å²) in [7, 11) is -3.87. The van der Waals surface area contributed by atoms with Crippen molar-refractivity contribution in [2.45, 2.75) is 62.9 Å². The fourth-order valence-corrected chi connectivity index (χ4v) is 6.56. The van der Waals surface area contributed by atoms with E-state index < -0.39 is 16.1 Å². The van der Waals surface area contributed by atoms with Crippen molar-refractivity contribution >= 4 is 27.4 Å². The molecule has 1 saturated heterocycles. The molecule has 1 atom stereocenters. The van der Waals surface area contributed by atoms with E-state index >= 15 is 0 Å². The molecule has 0 aromatic heterocycles. The van der Waals surface area contributed by atoms with Gasteiger partial charge in [0.1, 0.15) is 4.90 Å². The number of amides is 2. The van der Waals surface area contributed by atoms with Crippen LogP contribution in [0.3, 0.4) is 0 Å². The van der Waals surface area contributed by atoms with Gasteiger partial charge in [-0.1, -0.05) is 56.5 Å². The van der Waals surface area contributed by atoms with Gasteiger partial charge in [-0.05, 0) is 50.1 Å². The molecule has 2 fully saturated rings. The molecular weight excluding hydrogens is 474 g/mol. The first-order valence-electron chi connectivity index (χ1n) is 13.1. The maximum Gasteiger partial charge on any atom is 0.319 e. The Morgan fingerprint density at radius 1 is 1.00 bits per heavy atom. The second-order valence-electron chi connectivity index (χ2n) is 9.79. The van der Waals surface area contributed by atoms with Crippen LogP contribution in [0.1, 0.15) is 57.6 Å². The Hall–Kier alpha value is -2.62. The molecule has 0 unspecified atom stereocenters. The van der Waals surface area contributed by atoms with Crippen LogP contribution in [0.2, 0.25) is 0 Å². The first kappa shape index (κ1) is 26.4. The lowest BCUT2D eigenvalue weighted by Crippen LogP contribution is -2.46. The molecule has 36 heavy (non-hydrogen) atoms. The quantitative estimate of drug-likeness (QED) is 0.489. The Morgan fingerprint density at radius 3 is 2.36 bits per heavy atom. The first-order valence-corrected chi connectivity index (χ1v) is 14.6. The number of piperazine rings is 1. The minimum atomic E-state index is -3.87. The maximum atomic E-state index is 13.7. The summed E-state index contributed by atoms with van der Waals surface area (Å²) in [5, 5.41) is 5.90. The number of carbonyl (C=O) groups is 1. The van der Waals surface area contributed by atoms with Crippen molar-refractivity contribution in [1.82, 2.24) is 14.9 Å². The third-order valence-electron chi connectivity index (χ3n) is 7.24. The van der Waals surface area contributed by atoms with Gasteiger partial charge in [0.25, 0.3) is 0 Å². The van der Waals surface area contributed by atoms with Crippen molar-refractivity contribution in [2.75, 3.05) is 42.9 Å². The lowest BCUT2D eigenvalue weighted by atomic mass is 9.96. The zero-order chi connectivity index (χ0) is 25.5. The number of hydrogen-bond acceptors (Lipinski definition) is 5. The van der Waals surface area contributed by atoms with Crippen LogP contribution in [0, 0.1) is 0 Å². The molecule has 1 saturated carbocycles. The van der Waals surface area contributed by atoms with E-state index in [2.05, 4.69) is 32.1 Å². The molecule has 2 amide bonds. The number of carbonyl (C=O) groups excluding carboxylic acids is 1. The summed E-state index contributed by atoms with van der Waals surface area (Å²) in [6.07, 6.45) is 5.43. The highest BCUT2D eigenvalue weighted by atomic mass is 32.2. The van der Waals surface area contributed by atoms with Gasteiger partial charge in [0.15, 0.2) is 0 Å². The van der Waals surface area contributed by atoms with Gasteiger partial charge in [0.05, 0.1) is 5.69 Å². The van der Waals surface area contributed by atoms with Gasteiger partial charge >= 0.3 is 6.03 Å². The summed E-state index contributed by atoms with van der Waals surface area (Å²) < 4.78 is 30.2. The Kier molecular flexibility index (Phi) is 8.87. The summed E-state index contributed by atoms with van der Waals surface area (Å²) >= 11 is 0. The summed E-state index contributed by atoms with van der Waals surface area (Å²) in [6, 6.07) is 14.2. The molecule has 1 aliphatic carbocycles. The Labute approximate surface area is 215 Å². The van der Waals surface area contributed by atoms with Crippen LogP contribution in [0.4, 0.5) is 16.2 Å². The molecule has 4 rings (SSSR count). The SMILES string of the molecule is CCN1CCN(c2ccc(NC(=O)NC3CCCCC3)cc2S(=O)(=O)N[C@@H](C)c2ccccc2)CC1. The fourth-order valence-electron chi connectivity index (χ4n) is 5.08. The number of rotatable bonds is 8. The molecule has 2 aromatic carbocycles. The van der Waals surface area contributed by atoms with Crippen LogP contribution < -0.4 is 20.3 Å². The van der Waals surface area contributed by atoms with E-state index in [0.29, 0.717) is 11.4 Å². The summed E-state index contributed by atoms with van der Waals surface area (Å²) in [5.74, 6) is 0. The van der Waals surface area contributed by atoms with E-state index in [1.54, 1.807) is 12.1 Å². The Morgan fingerprint density at radius 2 is 1.69 bits per heavy atom. The third-order valence-corrected chi connectivity index (χ3v) is 8.81. The summed E-state index contributed by atoms with van der Waals surface area (Å²) in [6.45, 7) is 8.22. The van der Waals surface area contributed by atoms with Crippen molar-refractivity contribution in [3.63, 3.8) is 0 Å². The van der Waals surface area contributed by atoms with E-state index in [4.69, 9.17) is 0 Å². The van der Waals surface area contributed by atoms with Gasteiger partial charge in [0, 0.05) is 44.0 Å². The van der Waals surface area contributed by atoms with Crippen molar-refractivity contribution in [3.8, 4) is 0 Å². The van der Waals surface area contributed by atoms with Gasteiger partial charge in [-0.25, -0.2) is 17.9 Å². The molecule has 3 N–H and O–H groups in total. The topological polar surface area (TPSA) is 93.8 Å². The van der Waals surface area contributed by atoms with Crippen LogP contribution in [0.25, 0.3) is 0 Å². The average Bonchev–Trinajstić information content (AvgIpc) is 2.89. The molecule has 1 heterocycles. The van der Waals surface area contributed by atoms with Crippen molar-refractivity contribution in [3.05, 3.63) is 54.1 Å². The number of nitrogens with zero attached hydrogens (tertiary/aromatic N) is 2. The standard InChI is InChI=1S/C27H39N5O3S/c1-3-31-16-18-32(19-17-31)25-15-14-24(29-27(33)28-23-12-8-5-9-13-23)20-26(25)36(34,35)30-21(2)22-10-6-4-7-11-22/h4,6-7,10-11,14-15,20-21,23,30H,3,5,8-9,12-13,16-19H2,1-2H3,(H2,28,29,33)/t21-/m0/s1. The van der Waals surface area contributed by atoms with Crippen molar-refractivity contribution < 1.29 is 13.2 Å². The number of nitrogens with one attached hydrogen (secondary N) is 3. The van der Waals surface area contributed by atoms with Crippen molar-refractivity contribution in [1.29, 1.82) is 0 Å². The van der Waals surface area contributed by atoms with Crippen molar-refractivity contribution in [2.24, 2.45) is 0 Å². The Bertz CT molecular complexity index is 1110. The molecule has 8 nitrogen and oxygen atoms in total. The van der Waals surface area contributed by atoms with E-state index in [-0.39, 0.29) is 17.0 Å². The molecule has 0 bridgehead atoms. The van der Waals surface area contributed by atoms with E-state index in [0.717, 1.165) is 64.0 Å². The molecule has 1 aliphatic heterocycles. The third kappa shape index (κ3) is 6.78. The molecular formula is C27H39N5O3S. The van der Waals surface area contributed by atoms with Crippen LogP contribution in [0.5, 0.6) is 0 Å². The van der Waals surface area contributed by atoms with Gasteiger partial charge in [-0.15, -0.1) is 0 Å². The monoisotopic (exact) mass is 513 g/mol. The van der Waals surface area contributed by atoms with E-state index in [1.807, 2.05) is 43.3 Å². The minimum absolute atomic E-state index is 0.171. The van der Waals surface area contributed by atoms with Gasteiger partial charge in [0.2, 0.25) is 10.0 Å². The number of anilines is 2. The number of sulfonamides is 1. The number of urea groups is 1. The zero-order valence-corrected chi connectivity index (χ0v) is 22.2. The highest BCUT2D eigenvalue weighted by Crippen LogP contribution is 2.31. The van der Waals surface area contributed by atoms with Gasteiger partial charge in [-0.2, -0.15) is 0 Å². The van der Waals surface area contributed by atoms with E-state index in [1.165, 1.54) is 6.42 Å². The van der Waals surface area contributed by atoms with Gasteiger partial charge in [-0.3, -0.25) is 0 Å². The second kappa shape index (κ2) is 12.1. The lowest BCUT2D eigenvalue weighted by Gasteiger charge is -2.36. The second-order valence-corrected chi connectivity index (χ2v) is 11.5. The van der Waals surface area contributed by atoms with Crippen LogP contribution >= 0.6 is 0 Å². The molecule has 0 radical (unpaired) electrons. The normalized spacial score (nSPS) is 18.6. The molecule has 2 aliphatic rings. The highest BCUT2D eigenvalue weighted by Gasteiger charge is 2.27. The van der Waals surface area contributed by atoms with Crippen LogP contribution in [0.15, 0.2) is 53.4 Å².